The molecule has 0 saturated carbocycles. The number of benzene rings is 1. The molecule has 106 valence electrons. The molecule has 2 N–H and O–H groups in total. The van der Waals surface area contributed by atoms with Crippen LogP contribution in [0.1, 0.15) is 17.5 Å². The van der Waals surface area contributed by atoms with Gasteiger partial charge in [0, 0.05) is 12.4 Å². The molecule has 0 saturated heterocycles. The van der Waals surface area contributed by atoms with Gasteiger partial charge in [-0.2, -0.15) is 0 Å². The van der Waals surface area contributed by atoms with Gasteiger partial charge in [-0.25, -0.2) is 13.6 Å². The van der Waals surface area contributed by atoms with Crippen LogP contribution in [0.2, 0.25) is 0 Å². The number of nitrogens with two attached hydrogens (primary N) is 1. The summed E-state index contributed by atoms with van der Waals surface area (Å²) < 4.78 is 22.6. The highest BCUT2D eigenvalue weighted by Gasteiger charge is 2.15. The van der Waals surface area contributed by atoms with E-state index in [-0.39, 0.29) is 4.90 Å². The van der Waals surface area contributed by atoms with E-state index in [1.165, 1.54) is 12.1 Å². The highest BCUT2D eigenvalue weighted by molar-refractivity contribution is 7.89. The van der Waals surface area contributed by atoms with Crippen LogP contribution < -0.4 is 5.14 Å². The van der Waals surface area contributed by atoms with E-state index in [0.717, 1.165) is 28.7 Å². The second kappa shape index (κ2) is 5.27. The molecule has 0 fully saturated rings. The van der Waals surface area contributed by atoms with Gasteiger partial charge in [0.15, 0.2) is 0 Å². The van der Waals surface area contributed by atoms with Crippen LogP contribution in [0.3, 0.4) is 0 Å². The SMILES string of the molecule is NS(=O)(=O)c1ccc(C2=CCC=C2c2ccncc2)cc1. The van der Waals surface area contributed by atoms with Crippen LogP contribution in [0.25, 0.3) is 11.1 Å². The van der Waals surface area contributed by atoms with Gasteiger partial charge in [-0.1, -0.05) is 24.3 Å². The van der Waals surface area contributed by atoms with Gasteiger partial charge in [-0.3, -0.25) is 4.98 Å². The molecule has 0 radical (unpaired) electrons. The molecular weight excluding hydrogens is 284 g/mol. The summed E-state index contributed by atoms with van der Waals surface area (Å²) in [7, 11) is -3.65. The van der Waals surface area contributed by atoms with Crippen molar-refractivity contribution in [1.82, 2.24) is 4.98 Å². The van der Waals surface area contributed by atoms with E-state index in [2.05, 4.69) is 17.1 Å². The van der Waals surface area contributed by atoms with Crippen LogP contribution in [-0.4, -0.2) is 13.4 Å². The van der Waals surface area contributed by atoms with E-state index in [1.807, 2.05) is 12.1 Å². The Bertz CT molecular complexity index is 820. The van der Waals surface area contributed by atoms with Crippen LogP contribution in [0.15, 0.2) is 65.8 Å². The Morgan fingerprint density at radius 1 is 0.857 bits per heavy atom. The summed E-state index contributed by atoms with van der Waals surface area (Å²) in [6, 6.07) is 10.6. The number of nitrogens with zero attached hydrogens (tertiary/aromatic N) is 1. The summed E-state index contributed by atoms with van der Waals surface area (Å²) in [6.45, 7) is 0. The van der Waals surface area contributed by atoms with Crippen LogP contribution in [0.4, 0.5) is 0 Å². The van der Waals surface area contributed by atoms with Crippen molar-refractivity contribution in [3.63, 3.8) is 0 Å². The van der Waals surface area contributed by atoms with E-state index in [1.54, 1.807) is 24.5 Å². The van der Waals surface area contributed by atoms with Gasteiger partial charge in [0.05, 0.1) is 4.90 Å². The predicted molar refractivity (Wildman–Crippen MR) is 82.6 cm³/mol. The summed E-state index contributed by atoms with van der Waals surface area (Å²) in [5.74, 6) is 0. The lowest BCUT2D eigenvalue weighted by atomic mass is 9.96. The van der Waals surface area contributed by atoms with Crippen molar-refractivity contribution in [3.05, 3.63) is 72.1 Å². The average Bonchev–Trinajstić information content (AvgIpc) is 2.97. The van der Waals surface area contributed by atoms with Crippen LogP contribution in [-0.2, 0) is 10.0 Å². The lowest BCUT2D eigenvalue weighted by Crippen LogP contribution is -2.11. The van der Waals surface area contributed by atoms with E-state index in [4.69, 9.17) is 5.14 Å². The number of hydrogen-bond acceptors (Lipinski definition) is 3. The molecule has 1 heterocycles. The highest BCUT2D eigenvalue weighted by atomic mass is 32.2. The molecule has 1 aliphatic carbocycles. The molecule has 0 bridgehead atoms. The Labute approximate surface area is 123 Å². The van der Waals surface area contributed by atoms with E-state index in [9.17, 15) is 8.42 Å². The lowest BCUT2D eigenvalue weighted by molar-refractivity contribution is 0.598. The molecule has 1 aromatic carbocycles. The molecule has 0 amide bonds. The molecule has 0 unspecified atom stereocenters. The Hall–Kier alpha value is -2.24. The standard InChI is InChI=1S/C16H14N2O2S/c17-21(19,20)14-6-4-12(5-7-14)15-2-1-3-16(15)13-8-10-18-11-9-13/h2-11H,1H2,(H2,17,19,20). The summed E-state index contributed by atoms with van der Waals surface area (Å²) in [5.41, 5.74) is 4.31. The van der Waals surface area contributed by atoms with E-state index >= 15 is 0 Å². The molecule has 0 aliphatic heterocycles. The zero-order valence-corrected chi connectivity index (χ0v) is 12.0. The van der Waals surface area contributed by atoms with Gasteiger partial charge >= 0.3 is 0 Å². The summed E-state index contributed by atoms with van der Waals surface area (Å²) >= 11 is 0. The first-order chi connectivity index (χ1) is 10.1. The fourth-order valence-electron chi connectivity index (χ4n) is 2.42. The molecule has 1 aromatic heterocycles. The largest absolute Gasteiger partial charge is 0.265 e. The summed E-state index contributed by atoms with van der Waals surface area (Å²) in [6.07, 6.45) is 8.66. The minimum Gasteiger partial charge on any atom is -0.265 e. The normalized spacial score (nSPS) is 14.7. The molecule has 2 aromatic rings. The summed E-state index contributed by atoms with van der Waals surface area (Å²) in [4.78, 5) is 4.15. The average molecular weight is 298 g/mol. The number of aromatic nitrogens is 1. The van der Waals surface area contributed by atoms with Gasteiger partial charge in [-0.15, -0.1) is 0 Å². The third-order valence-electron chi connectivity index (χ3n) is 3.42. The fourth-order valence-corrected chi connectivity index (χ4v) is 2.93. The smallest absolute Gasteiger partial charge is 0.238 e. The maximum Gasteiger partial charge on any atom is 0.238 e. The Morgan fingerprint density at radius 3 is 1.90 bits per heavy atom. The van der Waals surface area contributed by atoms with Crippen molar-refractivity contribution < 1.29 is 8.42 Å². The number of primary sulfonamides is 1. The topological polar surface area (TPSA) is 73.1 Å². The van der Waals surface area contributed by atoms with Crippen molar-refractivity contribution in [2.24, 2.45) is 5.14 Å². The van der Waals surface area contributed by atoms with Crippen molar-refractivity contribution in [1.29, 1.82) is 0 Å². The maximum absolute atomic E-state index is 11.3. The van der Waals surface area contributed by atoms with Gasteiger partial charge in [0.1, 0.15) is 0 Å². The monoisotopic (exact) mass is 298 g/mol. The zero-order chi connectivity index (χ0) is 14.9. The van der Waals surface area contributed by atoms with Crippen molar-refractivity contribution in [3.8, 4) is 0 Å². The Balaban J connectivity index is 1.96. The number of sulfonamides is 1. The maximum atomic E-state index is 11.3. The van der Waals surface area contributed by atoms with Crippen molar-refractivity contribution in [2.45, 2.75) is 11.3 Å². The third-order valence-corrected chi connectivity index (χ3v) is 4.35. The zero-order valence-electron chi connectivity index (χ0n) is 11.2. The second-order valence-corrected chi connectivity index (χ2v) is 6.34. The lowest BCUT2D eigenvalue weighted by Gasteiger charge is -2.10. The van der Waals surface area contributed by atoms with Gasteiger partial charge < -0.3 is 0 Å². The molecule has 5 heteroatoms. The Kier molecular flexibility index (Phi) is 3.45. The molecular formula is C16H14N2O2S. The number of hydrogen-bond donors (Lipinski definition) is 1. The first kappa shape index (κ1) is 13.7. The molecule has 1 aliphatic rings. The minimum absolute atomic E-state index is 0.124. The third kappa shape index (κ3) is 2.79. The van der Waals surface area contributed by atoms with Crippen molar-refractivity contribution in [2.75, 3.05) is 0 Å². The van der Waals surface area contributed by atoms with E-state index < -0.39 is 10.0 Å². The quantitative estimate of drug-likeness (QED) is 0.946. The number of rotatable bonds is 3. The van der Waals surface area contributed by atoms with Crippen LogP contribution in [0.5, 0.6) is 0 Å². The molecule has 3 rings (SSSR count). The van der Waals surface area contributed by atoms with Gasteiger partial charge in [0.25, 0.3) is 0 Å². The summed E-state index contributed by atoms with van der Waals surface area (Å²) in [5, 5.41) is 5.12. The Morgan fingerprint density at radius 2 is 1.38 bits per heavy atom. The number of allylic oxidation sites excluding steroid dienone is 4. The second-order valence-electron chi connectivity index (χ2n) is 4.78. The number of pyridine rings is 1. The first-order valence-corrected chi connectivity index (χ1v) is 8.05. The highest BCUT2D eigenvalue weighted by Crippen LogP contribution is 2.36. The molecule has 0 atom stereocenters. The van der Waals surface area contributed by atoms with E-state index in [0.29, 0.717) is 0 Å². The fraction of sp³-hybridized carbons (Fsp3) is 0.0625. The first-order valence-electron chi connectivity index (χ1n) is 6.50. The van der Waals surface area contributed by atoms with Gasteiger partial charge in [-0.05, 0) is 53.0 Å². The molecule has 4 nitrogen and oxygen atoms in total. The molecule has 0 spiro atoms. The van der Waals surface area contributed by atoms with Crippen LogP contribution in [0, 0.1) is 0 Å². The molecule has 21 heavy (non-hydrogen) atoms. The predicted octanol–water partition coefficient (Wildman–Crippen LogP) is 2.60. The van der Waals surface area contributed by atoms with Crippen molar-refractivity contribution >= 4 is 21.2 Å². The van der Waals surface area contributed by atoms with Gasteiger partial charge in [0.2, 0.25) is 10.0 Å². The minimum atomic E-state index is -3.65. The van der Waals surface area contributed by atoms with Crippen LogP contribution >= 0.6 is 0 Å².